The molecule has 4 nitrogen and oxygen atoms in total. The topological polar surface area (TPSA) is 52.6 Å². The highest BCUT2D eigenvalue weighted by Crippen LogP contribution is 2.28. The predicted octanol–water partition coefficient (Wildman–Crippen LogP) is 4.42. The summed E-state index contributed by atoms with van der Waals surface area (Å²) in [6.07, 6.45) is 3.76. The number of ether oxygens (including phenoxy) is 2. The molecular formula is C21H22O4. The molecule has 0 spiro atoms. The van der Waals surface area contributed by atoms with Crippen LogP contribution >= 0.6 is 0 Å². The Kier molecular flexibility index (Phi) is 5.75. The van der Waals surface area contributed by atoms with Gasteiger partial charge in [0, 0.05) is 11.6 Å². The second kappa shape index (κ2) is 7.79. The standard InChI is InChI=1S/C21H22O4/c1-21(2,3)17-9-5-15(6-10-17)8-12-20(23)25-18-11-7-16(14-22)13-19(18)24-4/h5-14H,1-4H3. The molecule has 0 saturated heterocycles. The molecule has 0 unspecified atom stereocenters. The molecule has 2 aromatic carbocycles. The van der Waals surface area contributed by atoms with Crippen molar-refractivity contribution < 1.29 is 19.1 Å². The number of hydrogen-bond donors (Lipinski definition) is 0. The normalized spacial score (nSPS) is 11.4. The highest BCUT2D eigenvalue weighted by atomic mass is 16.6. The van der Waals surface area contributed by atoms with Crippen LogP contribution < -0.4 is 9.47 Å². The first kappa shape index (κ1) is 18.5. The Morgan fingerprint density at radius 1 is 0.960 bits per heavy atom. The molecule has 0 aromatic heterocycles. The van der Waals surface area contributed by atoms with Gasteiger partial charge in [-0.1, -0.05) is 45.0 Å². The van der Waals surface area contributed by atoms with Crippen molar-refractivity contribution in [1.82, 2.24) is 0 Å². The minimum absolute atomic E-state index is 0.0887. The number of methoxy groups -OCH3 is 1. The van der Waals surface area contributed by atoms with Gasteiger partial charge in [-0.25, -0.2) is 4.79 Å². The molecule has 0 aliphatic carbocycles. The first-order valence-corrected chi connectivity index (χ1v) is 7.97. The molecule has 130 valence electrons. The lowest BCUT2D eigenvalue weighted by Crippen LogP contribution is -2.10. The van der Waals surface area contributed by atoms with Crippen LogP contribution in [-0.2, 0) is 10.2 Å². The number of carbonyl (C=O) groups is 2. The number of hydrogen-bond acceptors (Lipinski definition) is 4. The maximum absolute atomic E-state index is 12.0. The molecule has 0 N–H and O–H groups in total. The van der Waals surface area contributed by atoms with E-state index in [0.29, 0.717) is 17.6 Å². The molecule has 0 atom stereocenters. The van der Waals surface area contributed by atoms with Crippen LogP contribution in [0, 0.1) is 0 Å². The molecule has 4 heteroatoms. The van der Waals surface area contributed by atoms with Crippen LogP contribution in [0.15, 0.2) is 48.5 Å². The van der Waals surface area contributed by atoms with Gasteiger partial charge in [0.1, 0.15) is 6.29 Å². The van der Waals surface area contributed by atoms with Gasteiger partial charge in [0.25, 0.3) is 0 Å². The van der Waals surface area contributed by atoms with E-state index in [-0.39, 0.29) is 11.2 Å². The molecule has 2 rings (SSSR count). The fraction of sp³-hybridized carbons (Fsp3) is 0.238. The minimum Gasteiger partial charge on any atom is -0.493 e. The molecule has 25 heavy (non-hydrogen) atoms. The maximum atomic E-state index is 12.0. The van der Waals surface area contributed by atoms with Gasteiger partial charge in [0.2, 0.25) is 0 Å². The molecule has 0 heterocycles. The largest absolute Gasteiger partial charge is 0.493 e. The summed E-state index contributed by atoms with van der Waals surface area (Å²) in [7, 11) is 1.45. The molecule has 0 saturated carbocycles. The van der Waals surface area contributed by atoms with Crippen LogP contribution in [0.3, 0.4) is 0 Å². The van der Waals surface area contributed by atoms with E-state index >= 15 is 0 Å². The molecule has 0 bridgehead atoms. The summed E-state index contributed by atoms with van der Waals surface area (Å²) in [6, 6.07) is 12.6. The number of rotatable bonds is 5. The Balaban J connectivity index is 2.07. The summed E-state index contributed by atoms with van der Waals surface area (Å²) >= 11 is 0. The molecular weight excluding hydrogens is 316 g/mol. The van der Waals surface area contributed by atoms with Crippen LogP contribution in [0.5, 0.6) is 11.5 Å². The molecule has 0 aliphatic rings. The second-order valence-corrected chi connectivity index (χ2v) is 6.65. The molecule has 0 aliphatic heterocycles. The van der Waals surface area contributed by atoms with Gasteiger partial charge in [-0.2, -0.15) is 0 Å². The van der Waals surface area contributed by atoms with E-state index in [1.165, 1.54) is 30.9 Å². The van der Waals surface area contributed by atoms with E-state index in [1.807, 2.05) is 24.3 Å². The van der Waals surface area contributed by atoms with Gasteiger partial charge < -0.3 is 9.47 Å². The van der Waals surface area contributed by atoms with Crippen molar-refractivity contribution in [2.24, 2.45) is 0 Å². The first-order chi connectivity index (χ1) is 11.8. The Morgan fingerprint density at radius 2 is 1.60 bits per heavy atom. The van der Waals surface area contributed by atoms with Gasteiger partial charge in [-0.15, -0.1) is 0 Å². The van der Waals surface area contributed by atoms with Crippen molar-refractivity contribution in [2.45, 2.75) is 26.2 Å². The number of benzene rings is 2. The van der Waals surface area contributed by atoms with Crippen molar-refractivity contribution in [2.75, 3.05) is 7.11 Å². The zero-order valence-electron chi connectivity index (χ0n) is 14.9. The first-order valence-electron chi connectivity index (χ1n) is 7.97. The van der Waals surface area contributed by atoms with E-state index in [1.54, 1.807) is 12.1 Å². The SMILES string of the molecule is COc1cc(C=O)ccc1OC(=O)C=Cc1ccc(C(C)(C)C)cc1. The van der Waals surface area contributed by atoms with E-state index in [0.717, 1.165) is 5.56 Å². The van der Waals surface area contributed by atoms with Crippen molar-refractivity contribution in [3.05, 3.63) is 65.2 Å². The van der Waals surface area contributed by atoms with Gasteiger partial charge >= 0.3 is 5.97 Å². The quantitative estimate of drug-likeness (QED) is 0.350. The summed E-state index contributed by atoms with van der Waals surface area (Å²) in [5.74, 6) is 0.0868. The van der Waals surface area contributed by atoms with Gasteiger partial charge in [0.05, 0.1) is 7.11 Å². The highest BCUT2D eigenvalue weighted by Gasteiger charge is 2.12. The zero-order chi connectivity index (χ0) is 18.4. The van der Waals surface area contributed by atoms with E-state index in [2.05, 4.69) is 20.8 Å². The lowest BCUT2D eigenvalue weighted by molar-refractivity contribution is -0.129. The number of esters is 1. The van der Waals surface area contributed by atoms with E-state index in [4.69, 9.17) is 9.47 Å². The van der Waals surface area contributed by atoms with E-state index < -0.39 is 5.97 Å². The summed E-state index contributed by atoms with van der Waals surface area (Å²) in [6.45, 7) is 6.45. The average Bonchev–Trinajstić information content (AvgIpc) is 2.60. The monoisotopic (exact) mass is 338 g/mol. The third-order valence-electron chi connectivity index (χ3n) is 3.72. The lowest BCUT2D eigenvalue weighted by atomic mass is 9.87. The highest BCUT2D eigenvalue weighted by molar-refractivity contribution is 5.89. The third kappa shape index (κ3) is 5.05. The maximum Gasteiger partial charge on any atom is 0.336 e. The van der Waals surface area contributed by atoms with E-state index in [9.17, 15) is 9.59 Å². The van der Waals surface area contributed by atoms with Crippen molar-refractivity contribution in [1.29, 1.82) is 0 Å². The predicted molar refractivity (Wildman–Crippen MR) is 98.2 cm³/mol. The fourth-order valence-corrected chi connectivity index (χ4v) is 2.24. The third-order valence-corrected chi connectivity index (χ3v) is 3.72. The lowest BCUT2D eigenvalue weighted by Gasteiger charge is -2.18. The summed E-state index contributed by atoms with van der Waals surface area (Å²) in [5, 5.41) is 0. The summed E-state index contributed by atoms with van der Waals surface area (Å²) in [4.78, 5) is 22.8. The average molecular weight is 338 g/mol. The zero-order valence-corrected chi connectivity index (χ0v) is 14.9. The minimum atomic E-state index is -0.517. The molecule has 2 aromatic rings. The van der Waals surface area contributed by atoms with Crippen LogP contribution in [-0.4, -0.2) is 19.4 Å². The summed E-state index contributed by atoms with van der Waals surface area (Å²) in [5.41, 5.74) is 2.68. The van der Waals surface area contributed by atoms with Gasteiger partial charge in [-0.05, 0) is 40.8 Å². The second-order valence-electron chi connectivity index (χ2n) is 6.65. The Labute approximate surface area is 148 Å². The van der Waals surface area contributed by atoms with Crippen LogP contribution in [0.1, 0.15) is 42.3 Å². The van der Waals surface area contributed by atoms with Crippen LogP contribution in [0.2, 0.25) is 0 Å². The fourth-order valence-electron chi connectivity index (χ4n) is 2.24. The molecule has 0 amide bonds. The van der Waals surface area contributed by atoms with Crippen LogP contribution in [0.25, 0.3) is 6.08 Å². The van der Waals surface area contributed by atoms with Gasteiger partial charge in [0.15, 0.2) is 11.5 Å². The number of aldehydes is 1. The molecule has 0 fully saturated rings. The summed E-state index contributed by atoms with van der Waals surface area (Å²) < 4.78 is 10.4. The Bertz CT molecular complexity index is 781. The Morgan fingerprint density at radius 3 is 2.16 bits per heavy atom. The van der Waals surface area contributed by atoms with Crippen molar-refractivity contribution in [3.63, 3.8) is 0 Å². The van der Waals surface area contributed by atoms with Crippen molar-refractivity contribution in [3.8, 4) is 11.5 Å². The van der Waals surface area contributed by atoms with Gasteiger partial charge in [-0.3, -0.25) is 4.79 Å². The van der Waals surface area contributed by atoms with Crippen molar-refractivity contribution >= 4 is 18.3 Å². The Hall–Kier alpha value is -2.88. The number of carbonyl (C=O) groups excluding carboxylic acids is 2. The smallest absolute Gasteiger partial charge is 0.336 e. The van der Waals surface area contributed by atoms with Crippen LogP contribution in [0.4, 0.5) is 0 Å². The molecule has 0 radical (unpaired) electrons.